The molecular formula is C38H26. The van der Waals surface area contributed by atoms with Crippen LogP contribution in [0.1, 0.15) is 0 Å². The highest BCUT2D eigenvalue weighted by atomic mass is 14.2. The predicted molar refractivity (Wildman–Crippen MR) is 163 cm³/mol. The predicted octanol–water partition coefficient (Wildman–Crippen LogP) is 10.7. The number of hydrogen-bond donors (Lipinski definition) is 0. The van der Waals surface area contributed by atoms with E-state index in [1.807, 2.05) is 0 Å². The van der Waals surface area contributed by atoms with Crippen molar-refractivity contribution in [3.05, 3.63) is 158 Å². The molecule has 0 radical (unpaired) electrons. The van der Waals surface area contributed by atoms with Crippen molar-refractivity contribution < 1.29 is 0 Å². The van der Waals surface area contributed by atoms with E-state index in [4.69, 9.17) is 0 Å². The first kappa shape index (κ1) is 22.3. The quantitative estimate of drug-likeness (QED) is 0.219. The Labute approximate surface area is 223 Å². The Morgan fingerprint density at radius 3 is 1.18 bits per heavy atom. The summed E-state index contributed by atoms with van der Waals surface area (Å²) in [4.78, 5) is 0. The number of fused-ring (bicyclic) bond motifs is 2. The van der Waals surface area contributed by atoms with Crippen LogP contribution in [-0.2, 0) is 0 Å². The Bertz CT molecular complexity index is 1880. The topological polar surface area (TPSA) is 0 Å². The molecule has 0 aliphatic rings. The minimum atomic E-state index is 1.22. The molecule has 0 bridgehead atoms. The summed E-state index contributed by atoms with van der Waals surface area (Å²) in [6, 6.07) is 56.9. The summed E-state index contributed by atoms with van der Waals surface area (Å²) in [5.74, 6) is 0. The first-order valence-electron chi connectivity index (χ1n) is 13.1. The van der Waals surface area contributed by atoms with Crippen LogP contribution in [0.4, 0.5) is 0 Å². The van der Waals surface area contributed by atoms with Gasteiger partial charge in [0.25, 0.3) is 0 Å². The smallest absolute Gasteiger partial charge is 0.00262 e. The Balaban J connectivity index is 1.55. The highest BCUT2D eigenvalue weighted by Crippen LogP contribution is 2.44. The van der Waals surface area contributed by atoms with E-state index in [-0.39, 0.29) is 0 Å². The van der Waals surface area contributed by atoms with Gasteiger partial charge in [-0.3, -0.25) is 0 Å². The molecule has 0 unspecified atom stereocenters. The molecule has 0 spiro atoms. The van der Waals surface area contributed by atoms with Crippen LogP contribution in [-0.4, -0.2) is 0 Å². The van der Waals surface area contributed by atoms with Gasteiger partial charge in [0.2, 0.25) is 0 Å². The van der Waals surface area contributed by atoms with Gasteiger partial charge >= 0.3 is 0 Å². The molecule has 0 aliphatic heterocycles. The molecule has 0 saturated heterocycles. The van der Waals surface area contributed by atoms with Gasteiger partial charge in [-0.15, -0.1) is 0 Å². The van der Waals surface area contributed by atoms with Crippen molar-refractivity contribution in [1.29, 1.82) is 0 Å². The van der Waals surface area contributed by atoms with Crippen LogP contribution in [0.3, 0.4) is 0 Å². The molecule has 0 atom stereocenters. The molecular weight excluding hydrogens is 456 g/mol. The fraction of sp³-hybridized carbons (Fsp3) is 0. The second kappa shape index (κ2) is 9.50. The standard InChI is InChI=1S/C38H26/c1-4-13-27(14-5-1)30-19-12-20-31(25-30)32-23-24-35-36(26-32)38(29-17-8-3-9-18-29)34-22-11-10-21-33(34)37(35)28-15-6-2-7-16-28/h1-26H. The molecule has 178 valence electrons. The zero-order valence-corrected chi connectivity index (χ0v) is 21.0. The Kier molecular flexibility index (Phi) is 5.57. The van der Waals surface area contributed by atoms with Crippen LogP contribution in [0.2, 0.25) is 0 Å². The van der Waals surface area contributed by atoms with Gasteiger partial charge in [-0.2, -0.15) is 0 Å². The minimum absolute atomic E-state index is 1.22. The van der Waals surface area contributed by atoms with Gasteiger partial charge < -0.3 is 0 Å². The summed E-state index contributed by atoms with van der Waals surface area (Å²) in [5.41, 5.74) is 9.98. The molecule has 0 amide bonds. The maximum absolute atomic E-state index is 2.39. The molecule has 0 heteroatoms. The van der Waals surface area contributed by atoms with Crippen LogP contribution in [0, 0.1) is 0 Å². The zero-order chi connectivity index (χ0) is 25.3. The average molecular weight is 483 g/mol. The summed E-state index contributed by atoms with van der Waals surface area (Å²) < 4.78 is 0. The number of benzene rings is 7. The molecule has 38 heavy (non-hydrogen) atoms. The van der Waals surface area contributed by atoms with Crippen molar-refractivity contribution >= 4 is 21.5 Å². The van der Waals surface area contributed by atoms with Crippen molar-refractivity contribution in [2.24, 2.45) is 0 Å². The Morgan fingerprint density at radius 2 is 0.605 bits per heavy atom. The monoisotopic (exact) mass is 482 g/mol. The van der Waals surface area contributed by atoms with E-state index in [1.165, 1.54) is 66.1 Å². The summed E-state index contributed by atoms with van der Waals surface area (Å²) in [6.45, 7) is 0. The summed E-state index contributed by atoms with van der Waals surface area (Å²) in [6.07, 6.45) is 0. The Hall–Kier alpha value is -4.94. The highest BCUT2D eigenvalue weighted by Gasteiger charge is 2.17. The fourth-order valence-electron chi connectivity index (χ4n) is 5.70. The Morgan fingerprint density at radius 1 is 0.211 bits per heavy atom. The van der Waals surface area contributed by atoms with Crippen LogP contribution >= 0.6 is 0 Å². The summed E-state index contributed by atoms with van der Waals surface area (Å²) in [7, 11) is 0. The van der Waals surface area contributed by atoms with E-state index in [2.05, 4.69) is 158 Å². The van der Waals surface area contributed by atoms with E-state index in [9.17, 15) is 0 Å². The lowest BCUT2D eigenvalue weighted by Gasteiger charge is -2.19. The van der Waals surface area contributed by atoms with E-state index < -0.39 is 0 Å². The molecule has 7 rings (SSSR count). The molecule has 0 aliphatic carbocycles. The normalized spacial score (nSPS) is 11.2. The third kappa shape index (κ3) is 3.88. The first-order chi connectivity index (χ1) is 18.9. The van der Waals surface area contributed by atoms with Gasteiger partial charge in [-0.05, 0) is 78.2 Å². The van der Waals surface area contributed by atoms with Gasteiger partial charge in [0, 0.05) is 0 Å². The average Bonchev–Trinajstić information content (AvgIpc) is 3.01. The molecule has 0 N–H and O–H groups in total. The van der Waals surface area contributed by atoms with Gasteiger partial charge in [-0.1, -0.05) is 146 Å². The summed E-state index contributed by atoms with van der Waals surface area (Å²) >= 11 is 0. The van der Waals surface area contributed by atoms with Gasteiger partial charge in [-0.25, -0.2) is 0 Å². The highest BCUT2D eigenvalue weighted by molar-refractivity contribution is 6.21. The first-order valence-corrected chi connectivity index (χ1v) is 13.1. The number of hydrogen-bond acceptors (Lipinski definition) is 0. The van der Waals surface area contributed by atoms with Crippen molar-refractivity contribution in [2.45, 2.75) is 0 Å². The lowest BCUT2D eigenvalue weighted by Crippen LogP contribution is -1.91. The lowest BCUT2D eigenvalue weighted by atomic mass is 9.85. The van der Waals surface area contributed by atoms with Crippen molar-refractivity contribution in [2.75, 3.05) is 0 Å². The fourth-order valence-corrected chi connectivity index (χ4v) is 5.70. The van der Waals surface area contributed by atoms with E-state index in [0.717, 1.165) is 0 Å². The SMILES string of the molecule is c1ccc(-c2cccc(-c3ccc4c(-c5ccccc5)c5ccccc5c(-c5ccccc5)c4c3)c2)cc1. The molecule has 7 aromatic rings. The molecule has 0 aromatic heterocycles. The van der Waals surface area contributed by atoms with E-state index in [1.54, 1.807) is 0 Å². The van der Waals surface area contributed by atoms with Crippen LogP contribution in [0.5, 0.6) is 0 Å². The van der Waals surface area contributed by atoms with Crippen molar-refractivity contribution in [3.8, 4) is 44.5 Å². The lowest BCUT2D eigenvalue weighted by molar-refractivity contribution is 1.60. The maximum atomic E-state index is 2.39. The number of rotatable bonds is 4. The van der Waals surface area contributed by atoms with Crippen molar-refractivity contribution in [3.63, 3.8) is 0 Å². The van der Waals surface area contributed by atoms with Crippen molar-refractivity contribution in [1.82, 2.24) is 0 Å². The minimum Gasteiger partial charge on any atom is -0.0622 e. The third-order valence-corrected chi connectivity index (χ3v) is 7.45. The van der Waals surface area contributed by atoms with Gasteiger partial charge in [0.1, 0.15) is 0 Å². The van der Waals surface area contributed by atoms with E-state index >= 15 is 0 Å². The second-order valence-electron chi connectivity index (χ2n) is 9.73. The van der Waals surface area contributed by atoms with Crippen LogP contribution in [0.15, 0.2) is 158 Å². The molecule has 7 aromatic carbocycles. The second-order valence-corrected chi connectivity index (χ2v) is 9.73. The largest absolute Gasteiger partial charge is 0.0622 e. The van der Waals surface area contributed by atoms with E-state index in [0.29, 0.717) is 0 Å². The zero-order valence-electron chi connectivity index (χ0n) is 21.0. The molecule has 0 saturated carbocycles. The molecule has 0 nitrogen and oxygen atoms in total. The van der Waals surface area contributed by atoms with Crippen LogP contribution < -0.4 is 0 Å². The van der Waals surface area contributed by atoms with Crippen LogP contribution in [0.25, 0.3) is 66.1 Å². The maximum Gasteiger partial charge on any atom is -0.00262 e. The molecule has 0 heterocycles. The third-order valence-electron chi connectivity index (χ3n) is 7.45. The van der Waals surface area contributed by atoms with Gasteiger partial charge in [0.05, 0.1) is 0 Å². The van der Waals surface area contributed by atoms with Gasteiger partial charge in [0.15, 0.2) is 0 Å². The molecule has 0 fully saturated rings. The summed E-state index contributed by atoms with van der Waals surface area (Å²) in [5, 5.41) is 5.11.